The van der Waals surface area contributed by atoms with Gasteiger partial charge < -0.3 is 25.7 Å². The number of fused-ring (bicyclic) bond motifs is 1. The molecule has 0 radical (unpaired) electrons. The van der Waals surface area contributed by atoms with E-state index >= 15 is 0 Å². The van der Waals surface area contributed by atoms with Crippen LogP contribution in [0.5, 0.6) is 5.75 Å². The molecule has 14 nitrogen and oxygen atoms in total. The Morgan fingerprint density at radius 1 is 0.889 bits per heavy atom. The number of amides is 5. The zero-order chi connectivity index (χ0) is 38.8. The third-order valence-corrected chi connectivity index (χ3v) is 11.0. The Bertz CT molecular complexity index is 1630. The average Bonchev–Trinajstić information content (AvgIpc) is 3.58. The number of hydrogen-bond donors (Lipinski definition) is 4. The van der Waals surface area contributed by atoms with Crippen molar-refractivity contribution in [2.45, 2.75) is 135 Å². The van der Waals surface area contributed by atoms with Gasteiger partial charge >= 0.3 is 5.91 Å². The molecule has 3 fully saturated rings. The van der Waals surface area contributed by atoms with Crippen LogP contribution in [-0.4, -0.2) is 80.4 Å². The number of nitrogens with zero attached hydrogens (tertiary/aromatic N) is 3. The largest absolute Gasteiger partial charge is 0.379 e. The van der Waals surface area contributed by atoms with E-state index in [1.807, 2.05) is 27.7 Å². The Balaban J connectivity index is 1.36. The lowest BCUT2D eigenvalue weighted by Crippen LogP contribution is -2.63. The number of nitrogens with one attached hydrogen (secondary N) is 4. The molecule has 2 aliphatic carbocycles. The highest BCUT2D eigenvalue weighted by molar-refractivity contribution is 6.38. The van der Waals surface area contributed by atoms with Crippen LogP contribution in [0.3, 0.4) is 0 Å². The monoisotopic (exact) mass is 745 g/mol. The molecule has 3 unspecified atom stereocenters. The second kappa shape index (κ2) is 18.4. The fourth-order valence-electron chi connectivity index (χ4n) is 8.17. The van der Waals surface area contributed by atoms with Crippen LogP contribution < -0.4 is 26.3 Å². The number of ketones is 1. The van der Waals surface area contributed by atoms with Crippen molar-refractivity contribution in [2.24, 2.45) is 17.3 Å². The Labute approximate surface area is 317 Å². The lowest BCUT2D eigenvalue weighted by atomic mass is 9.81. The molecular formula is C40H55N7O7. The maximum atomic E-state index is 14.9. The normalized spacial score (nSPS) is 21.8. The summed E-state index contributed by atoms with van der Waals surface area (Å²) in [6.45, 7) is 7.43. The van der Waals surface area contributed by atoms with Crippen LogP contribution in [0.15, 0.2) is 48.9 Å². The van der Waals surface area contributed by atoms with Crippen molar-refractivity contribution >= 4 is 35.3 Å². The second-order valence-electron chi connectivity index (χ2n) is 15.9. The highest BCUT2D eigenvalue weighted by Gasteiger charge is 2.51. The van der Waals surface area contributed by atoms with Crippen molar-refractivity contribution in [2.75, 3.05) is 0 Å². The number of Topliss-reactive ketones (excluding diaryl/α,β-unsaturated/α-hetero) is 1. The first-order valence-electron chi connectivity index (χ1n) is 19.4. The third kappa shape index (κ3) is 10.00. The van der Waals surface area contributed by atoms with Gasteiger partial charge in [0.15, 0.2) is 5.75 Å². The van der Waals surface area contributed by atoms with Gasteiger partial charge in [0.2, 0.25) is 23.5 Å². The lowest BCUT2D eigenvalue weighted by Gasteiger charge is -2.40. The van der Waals surface area contributed by atoms with Crippen LogP contribution in [0, 0.1) is 17.3 Å². The Morgan fingerprint density at radius 3 is 2.26 bits per heavy atom. The first kappa shape index (κ1) is 40.3. The van der Waals surface area contributed by atoms with E-state index in [2.05, 4.69) is 31.4 Å². The van der Waals surface area contributed by atoms with E-state index in [1.165, 1.54) is 18.6 Å². The molecule has 6 atom stereocenters. The second-order valence-corrected chi connectivity index (χ2v) is 15.9. The Morgan fingerprint density at radius 2 is 1.59 bits per heavy atom. The van der Waals surface area contributed by atoms with Crippen molar-refractivity contribution in [3.8, 4) is 5.75 Å². The number of hydrogen-bond acceptors (Lipinski definition) is 9. The van der Waals surface area contributed by atoms with E-state index in [4.69, 9.17) is 4.84 Å². The molecule has 0 bridgehead atoms. The minimum atomic E-state index is -1.13. The number of hydroxylamine groups is 1. The Hall–Kier alpha value is -4.88. The molecule has 2 heterocycles. The molecule has 1 aromatic carbocycles. The molecule has 1 aliphatic heterocycles. The number of carbonyl (C=O) groups excluding carboxylic acids is 6. The minimum Gasteiger partial charge on any atom is -0.379 e. The molecule has 54 heavy (non-hydrogen) atoms. The molecule has 0 spiro atoms. The van der Waals surface area contributed by atoms with E-state index in [-0.39, 0.29) is 35.9 Å². The van der Waals surface area contributed by atoms with E-state index in [1.54, 1.807) is 35.2 Å². The number of rotatable bonds is 14. The molecule has 5 amide bonds. The van der Waals surface area contributed by atoms with Gasteiger partial charge in [-0.15, -0.1) is 0 Å². The van der Waals surface area contributed by atoms with Crippen LogP contribution in [0.25, 0.3) is 0 Å². The van der Waals surface area contributed by atoms with Gasteiger partial charge in [-0.25, -0.2) is 4.98 Å². The number of para-hydroxylation sites is 1. The molecule has 3 aliphatic rings. The van der Waals surface area contributed by atoms with Gasteiger partial charge in [-0.2, -0.15) is 5.48 Å². The van der Waals surface area contributed by atoms with Gasteiger partial charge in [-0.3, -0.25) is 33.8 Å². The molecule has 1 aromatic heterocycles. The average molecular weight is 746 g/mol. The zero-order valence-electron chi connectivity index (χ0n) is 31.8. The molecule has 292 valence electrons. The summed E-state index contributed by atoms with van der Waals surface area (Å²) in [5.41, 5.74) is 1.49. The van der Waals surface area contributed by atoms with Crippen LogP contribution in [-0.2, 0) is 24.0 Å². The summed E-state index contributed by atoms with van der Waals surface area (Å²) < 4.78 is 0. The first-order valence-corrected chi connectivity index (χ1v) is 19.4. The number of aromatic nitrogens is 2. The Kier molecular flexibility index (Phi) is 13.8. The summed E-state index contributed by atoms with van der Waals surface area (Å²) in [5, 5.41) is 8.73. The van der Waals surface area contributed by atoms with Crippen molar-refractivity contribution < 1.29 is 33.6 Å². The molecule has 1 saturated heterocycles. The molecule has 2 aromatic rings. The summed E-state index contributed by atoms with van der Waals surface area (Å²) in [4.78, 5) is 97.8. The van der Waals surface area contributed by atoms with Gasteiger partial charge in [0.05, 0.1) is 12.2 Å². The zero-order valence-corrected chi connectivity index (χ0v) is 31.8. The quantitative estimate of drug-likeness (QED) is 0.165. The highest BCUT2D eigenvalue weighted by Crippen LogP contribution is 2.41. The molecule has 4 N–H and O–H groups in total. The van der Waals surface area contributed by atoms with Crippen LogP contribution in [0.1, 0.15) is 115 Å². The standard InChI is InChI=1S/C40H55N7O7/c1-5-14-28(33(48)38(52)46-54-27-18-10-7-11-19-27)43-36(50)31-23-26-17-12-13-20-30(26)47(31)39(53)34(40(2,3)4)45-37(51)32(25-15-8-6-9-16-25)44-35(49)29-24-41-21-22-42-29/h7,10-11,18-19,21-22,24-26,28,30-32,34H,5-6,8-9,12-17,20,23H2,1-4H3,(H,43,50)(H,44,49)(H,45,51)(H,46,52)/t26?,28-,30?,31?,32-,34+/m0/s1. The van der Waals surface area contributed by atoms with E-state index in [9.17, 15) is 28.8 Å². The predicted octanol–water partition coefficient (Wildman–Crippen LogP) is 3.81. The first-order chi connectivity index (χ1) is 25.9. The summed E-state index contributed by atoms with van der Waals surface area (Å²) in [5.74, 6) is -3.47. The predicted molar refractivity (Wildman–Crippen MR) is 199 cm³/mol. The lowest BCUT2D eigenvalue weighted by molar-refractivity contribution is -0.148. The summed E-state index contributed by atoms with van der Waals surface area (Å²) >= 11 is 0. The maximum absolute atomic E-state index is 14.9. The van der Waals surface area contributed by atoms with E-state index < -0.39 is 59.0 Å². The smallest absolute Gasteiger partial charge is 0.322 e. The van der Waals surface area contributed by atoms with Gasteiger partial charge in [0.1, 0.15) is 23.8 Å². The van der Waals surface area contributed by atoms with Crippen LogP contribution in [0.4, 0.5) is 0 Å². The number of likely N-dealkylation sites (tertiary alicyclic amines) is 1. The van der Waals surface area contributed by atoms with Crippen molar-refractivity contribution in [1.82, 2.24) is 36.3 Å². The summed E-state index contributed by atoms with van der Waals surface area (Å²) in [7, 11) is 0. The van der Waals surface area contributed by atoms with Crippen molar-refractivity contribution in [3.05, 3.63) is 54.6 Å². The molecule has 2 saturated carbocycles. The van der Waals surface area contributed by atoms with Crippen LogP contribution >= 0.6 is 0 Å². The van der Waals surface area contributed by atoms with Crippen molar-refractivity contribution in [3.63, 3.8) is 0 Å². The third-order valence-electron chi connectivity index (χ3n) is 11.0. The van der Waals surface area contributed by atoms with Crippen molar-refractivity contribution in [1.29, 1.82) is 0 Å². The fourth-order valence-corrected chi connectivity index (χ4v) is 8.17. The maximum Gasteiger partial charge on any atom is 0.322 e. The summed E-state index contributed by atoms with van der Waals surface area (Å²) in [6, 6.07) is 4.28. The highest BCUT2D eigenvalue weighted by atomic mass is 16.7. The van der Waals surface area contributed by atoms with Gasteiger partial charge in [-0.1, -0.05) is 84.4 Å². The van der Waals surface area contributed by atoms with Gasteiger partial charge in [0.25, 0.3) is 5.91 Å². The SMILES string of the molecule is CCC[C@H](NC(=O)C1CC2CCCCC2N1C(=O)[C@@H](NC(=O)[C@@H](NC(=O)c1cnccn1)C1CCCCC1)C(C)(C)C)C(=O)C(=O)NOc1ccccc1. The molecule has 14 heteroatoms. The molecular weight excluding hydrogens is 690 g/mol. The summed E-state index contributed by atoms with van der Waals surface area (Å²) in [6.07, 6.45) is 13.2. The molecule has 5 rings (SSSR count). The minimum absolute atomic E-state index is 0.0684. The number of carbonyl (C=O) groups is 6. The van der Waals surface area contributed by atoms with E-state index in [0.29, 0.717) is 25.0 Å². The van der Waals surface area contributed by atoms with Gasteiger partial charge in [-0.05, 0) is 67.9 Å². The number of benzene rings is 1. The van der Waals surface area contributed by atoms with Crippen LogP contribution in [0.2, 0.25) is 0 Å². The fraction of sp³-hybridized carbons (Fsp3) is 0.600. The van der Waals surface area contributed by atoms with Gasteiger partial charge in [0, 0.05) is 18.4 Å². The topological polar surface area (TPSA) is 189 Å². The van der Waals surface area contributed by atoms with E-state index in [0.717, 1.165) is 51.4 Å².